The van der Waals surface area contributed by atoms with E-state index < -0.39 is 0 Å². The smallest absolute Gasteiger partial charge is 0.230 e. The topological polar surface area (TPSA) is 69.0 Å². The molecule has 1 aromatic heterocycles. The molecule has 3 rings (SSSR count). The van der Waals surface area contributed by atoms with Gasteiger partial charge in [0.25, 0.3) is 0 Å². The van der Waals surface area contributed by atoms with Gasteiger partial charge in [0.05, 0.1) is 12.9 Å². The van der Waals surface area contributed by atoms with E-state index >= 15 is 0 Å². The van der Waals surface area contributed by atoms with Crippen LogP contribution in [0.5, 0.6) is 5.75 Å². The molecule has 7 heteroatoms. The number of rotatable bonds is 7. The molecule has 0 spiro atoms. The van der Waals surface area contributed by atoms with Crippen molar-refractivity contribution in [3.05, 3.63) is 59.7 Å². The maximum Gasteiger partial charge on any atom is 0.230 e. The van der Waals surface area contributed by atoms with Crippen LogP contribution in [0.3, 0.4) is 0 Å². The largest absolute Gasteiger partial charge is 0.497 e. The van der Waals surface area contributed by atoms with Gasteiger partial charge < -0.3 is 14.6 Å². The lowest BCUT2D eigenvalue weighted by Gasteiger charge is -2.08. The number of ether oxygens (including phenoxy) is 1. The molecular weight excluding hydrogens is 360 g/mol. The zero-order valence-electron chi connectivity index (χ0n) is 15.6. The van der Waals surface area contributed by atoms with Crippen LogP contribution in [-0.4, -0.2) is 33.5 Å². The maximum absolute atomic E-state index is 12.2. The number of hydrogen-bond acceptors (Lipinski definition) is 5. The summed E-state index contributed by atoms with van der Waals surface area (Å²) in [6.45, 7) is 2.51. The first kappa shape index (κ1) is 19.0. The van der Waals surface area contributed by atoms with Crippen LogP contribution in [0, 0.1) is 6.92 Å². The predicted molar refractivity (Wildman–Crippen MR) is 107 cm³/mol. The number of hydrogen-bond donors (Lipinski definition) is 1. The Morgan fingerprint density at radius 3 is 2.78 bits per heavy atom. The average Bonchev–Trinajstić information content (AvgIpc) is 3.05. The Morgan fingerprint density at radius 1 is 1.19 bits per heavy atom. The summed E-state index contributed by atoms with van der Waals surface area (Å²) in [5.41, 5.74) is 3.18. The van der Waals surface area contributed by atoms with Gasteiger partial charge in [0.1, 0.15) is 5.75 Å². The van der Waals surface area contributed by atoms with Crippen molar-refractivity contribution in [2.24, 2.45) is 7.05 Å². The van der Waals surface area contributed by atoms with Crippen molar-refractivity contribution in [3.63, 3.8) is 0 Å². The molecule has 0 aliphatic rings. The molecule has 2 aromatic carbocycles. The van der Waals surface area contributed by atoms with E-state index in [0.717, 1.165) is 28.3 Å². The SMILES string of the molecule is COc1cccc(CNC(=O)CSc2nnc(-c3ccccc3C)n2C)c1. The molecule has 140 valence electrons. The molecule has 0 aliphatic carbocycles. The molecule has 1 heterocycles. The first-order valence-corrected chi connectivity index (χ1v) is 9.55. The van der Waals surface area contributed by atoms with E-state index in [1.165, 1.54) is 11.8 Å². The molecular formula is C20H22N4O2S. The number of nitrogens with one attached hydrogen (secondary N) is 1. The number of thioether (sulfide) groups is 1. The summed E-state index contributed by atoms with van der Waals surface area (Å²) in [7, 11) is 3.54. The first-order valence-electron chi connectivity index (χ1n) is 8.56. The van der Waals surface area contributed by atoms with Gasteiger partial charge in [0.15, 0.2) is 11.0 Å². The summed E-state index contributed by atoms with van der Waals surface area (Å²) < 4.78 is 7.11. The second-order valence-electron chi connectivity index (χ2n) is 6.10. The fourth-order valence-electron chi connectivity index (χ4n) is 2.66. The van der Waals surface area contributed by atoms with E-state index in [0.29, 0.717) is 11.7 Å². The molecule has 0 bridgehead atoms. The van der Waals surface area contributed by atoms with Crippen molar-refractivity contribution in [2.75, 3.05) is 12.9 Å². The molecule has 0 radical (unpaired) electrons. The van der Waals surface area contributed by atoms with Crippen LogP contribution in [0.25, 0.3) is 11.4 Å². The van der Waals surface area contributed by atoms with Gasteiger partial charge in [-0.3, -0.25) is 4.79 Å². The highest BCUT2D eigenvalue weighted by atomic mass is 32.2. The average molecular weight is 382 g/mol. The van der Waals surface area contributed by atoms with Gasteiger partial charge in [-0.1, -0.05) is 48.2 Å². The normalized spacial score (nSPS) is 10.6. The molecule has 0 fully saturated rings. The van der Waals surface area contributed by atoms with E-state index in [1.54, 1.807) is 7.11 Å². The number of benzene rings is 2. The number of aryl methyl sites for hydroxylation is 1. The number of carbonyl (C=O) groups is 1. The van der Waals surface area contributed by atoms with Crippen molar-refractivity contribution in [1.29, 1.82) is 0 Å². The van der Waals surface area contributed by atoms with Gasteiger partial charge >= 0.3 is 0 Å². The lowest BCUT2D eigenvalue weighted by Crippen LogP contribution is -2.24. The third-order valence-electron chi connectivity index (χ3n) is 4.18. The van der Waals surface area contributed by atoms with Crippen molar-refractivity contribution in [1.82, 2.24) is 20.1 Å². The van der Waals surface area contributed by atoms with Gasteiger partial charge in [-0.05, 0) is 30.2 Å². The number of methoxy groups -OCH3 is 1. The van der Waals surface area contributed by atoms with Gasteiger partial charge in [0, 0.05) is 19.2 Å². The van der Waals surface area contributed by atoms with Crippen LogP contribution in [0.1, 0.15) is 11.1 Å². The molecule has 6 nitrogen and oxygen atoms in total. The zero-order chi connectivity index (χ0) is 19.2. The van der Waals surface area contributed by atoms with Crippen LogP contribution in [-0.2, 0) is 18.4 Å². The monoisotopic (exact) mass is 382 g/mol. The fourth-order valence-corrected chi connectivity index (χ4v) is 3.40. The molecule has 1 amide bonds. The van der Waals surface area contributed by atoms with Crippen molar-refractivity contribution >= 4 is 17.7 Å². The van der Waals surface area contributed by atoms with Crippen molar-refractivity contribution < 1.29 is 9.53 Å². The molecule has 0 saturated heterocycles. The lowest BCUT2D eigenvalue weighted by molar-refractivity contribution is -0.118. The minimum atomic E-state index is -0.0525. The summed E-state index contributed by atoms with van der Waals surface area (Å²) in [6, 6.07) is 15.7. The summed E-state index contributed by atoms with van der Waals surface area (Å²) >= 11 is 1.37. The van der Waals surface area contributed by atoms with E-state index in [2.05, 4.69) is 15.5 Å². The van der Waals surface area contributed by atoms with Gasteiger partial charge in [0.2, 0.25) is 5.91 Å². The molecule has 3 aromatic rings. The second-order valence-corrected chi connectivity index (χ2v) is 7.04. The Balaban J connectivity index is 1.57. The molecule has 0 unspecified atom stereocenters. The summed E-state index contributed by atoms with van der Waals surface area (Å²) in [6.07, 6.45) is 0. The number of carbonyl (C=O) groups excluding carboxylic acids is 1. The Hall–Kier alpha value is -2.80. The van der Waals surface area contributed by atoms with E-state index in [-0.39, 0.29) is 11.7 Å². The Kier molecular flexibility index (Phi) is 6.13. The van der Waals surface area contributed by atoms with E-state index in [4.69, 9.17) is 4.74 Å². The highest BCUT2D eigenvalue weighted by Crippen LogP contribution is 2.24. The molecule has 1 N–H and O–H groups in total. The van der Waals surface area contributed by atoms with Gasteiger partial charge in [-0.2, -0.15) is 0 Å². The highest BCUT2D eigenvalue weighted by Gasteiger charge is 2.14. The van der Waals surface area contributed by atoms with E-state index in [9.17, 15) is 4.79 Å². The molecule has 27 heavy (non-hydrogen) atoms. The summed E-state index contributed by atoms with van der Waals surface area (Å²) in [5.74, 6) is 1.80. The number of nitrogens with zero attached hydrogens (tertiary/aromatic N) is 3. The van der Waals surface area contributed by atoms with E-state index in [1.807, 2.05) is 67.1 Å². The third-order valence-corrected chi connectivity index (χ3v) is 5.20. The quantitative estimate of drug-likeness (QED) is 0.636. The predicted octanol–water partition coefficient (Wildman–Crippen LogP) is 3.21. The van der Waals surface area contributed by atoms with Crippen LogP contribution in [0.4, 0.5) is 0 Å². The van der Waals surface area contributed by atoms with Gasteiger partial charge in [-0.25, -0.2) is 0 Å². The second kappa shape index (κ2) is 8.73. The Labute approximate surface area is 163 Å². The Bertz CT molecular complexity index is 939. The number of aromatic nitrogens is 3. The molecule has 0 aliphatic heterocycles. The minimum Gasteiger partial charge on any atom is -0.497 e. The van der Waals surface area contributed by atoms with Crippen LogP contribution < -0.4 is 10.1 Å². The lowest BCUT2D eigenvalue weighted by atomic mass is 10.1. The zero-order valence-corrected chi connectivity index (χ0v) is 16.4. The molecule has 0 saturated carbocycles. The Morgan fingerprint density at radius 2 is 2.00 bits per heavy atom. The number of amides is 1. The van der Waals surface area contributed by atoms with Crippen LogP contribution in [0.15, 0.2) is 53.7 Å². The first-order chi connectivity index (χ1) is 13.1. The van der Waals surface area contributed by atoms with Gasteiger partial charge in [-0.15, -0.1) is 10.2 Å². The summed E-state index contributed by atoms with van der Waals surface area (Å²) in [5, 5.41) is 12.1. The highest BCUT2D eigenvalue weighted by molar-refractivity contribution is 7.99. The fraction of sp³-hybridized carbons (Fsp3) is 0.250. The van der Waals surface area contributed by atoms with Crippen LogP contribution in [0.2, 0.25) is 0 Å². The van der Waals surface area contributed by atoms with Crippen molar-refractivity contribution in [2.45, 2.75) is 18.6 Å². The standard InChI is InChI=1S/C20H22N4O2S/c1-14-7-4-5-10-17(14)19-22-23-20(24(19)2)27-13-18(25)21-12-15-8-6-9-16(11-15)26-3/h4-11H,12-13H2,1-3H3,(H,21,25). The minimum absolute atomic E-state index is 0.0525. The summed E-state index contributed by atoms with van der Waals surface area (Å²) in [4.78, 5) is 12.2. The van der Waals surface area contributed by atoms with Crippen molar-refractivity contribution in [3.8, 4) is 17.1 Å². The third kappa shape index (κ3) is 4.68. The molecule has 0 atom stereocenters. The van der Waals surface area contributed by atoms with Crippen LogP contribution >= 0.6 is 11.8 Å². The maximum atomic E-state index is 12.2.